The zero-order valence-electron chi connectivity index (χ0n) is 10.5. The van der Waals surface area contributed by atoms with Crippen molar-refractivity contribution in [2.24, 2.45) is 5.73 Å². The molecule has 0 saturated heterocycles. The van der Waals surface area contributed by atoms with Crippen LogP contribution in [0.2, 0.25) is 0 Å². The van der Waals surface area contributed by atoms with Crippen LogP contribution < -0.4 is 15.4 Å². The molecule has 2 aliphatic rings. The van der Waals surface area contributed by atoms with Gasteiger partial charge < -0.3 is 15.4 Å². The van der Waals surface area contributed by atoms with Gasteiger partial charge in [-0.25, -0.2) is 9.37 Å². The normalized spacial score (nSPS) is 26.8. The van der Waals surface area contributed by atoms with Crippen molar-refractivity contribution in [3.05, 3.63) is 18.1 Å². The Morgan fingerprint density at radius 3 is 2.84 bits per heavy atom. The number of aromatic nitrogens is 1. The number of ether oxygens (including phenoxy) is 1. The molecule has 1 aromatic rings. The molecule has 3 rings (SSSR count). The molecule has 1 aliphatic heterocycles. The predicted octanol–water partition coefficient (Wildman–Crippen LogP) is 1.22. The number of hydrogen-bond acceptors (Lipinski definition) is 4. The number of nitrogens with two attached hydrogens (primary N) is 1. The SMILES string of the molecule is NC1CCC(N2C(=O)COc3ncc(F)cc32)CC1. The third-order valence-corrected chi connectivity index (χ3v) is 3.77. The van der Waals surface area contributed by atoms with Crippen molar-refractivity contribution >= 4 is 11.6 Å². The Bertz CT molecular complexity index is 501. The minimum atomic E-state index is -0.463. The van der Waals surface area contributed by atoms with Gasteiger partial charge >= 0.3 is 0 Å². The molecule has 1 amide bonds. The zero-order valence-corrected chi connectivity index (χ0v) is 10.5. The number of hydrogen-bond donors (Lipinski definition) is 1. The summed E-state index contributed by atoms with van der Waals surface area (Å²) in [5.74, 6) is -0.272. The van der Waals surface area contributed by atoms with Crippen LogP contribution in [0.25, 0.3) is 0 Å². The van der Waals surface area contributed by atoms with E-state index in [-0.39, 0.29) is 24.6 Å². The second kappa shape index (κ2) is 4.77. The second-order valence-electron chi connectivity index (χ2n) is 5.10. The van der Waals surface area contributed by atoms with E-state index in [9.17, 15) is 9.18 Å². The molecule has 0 radical (unpaired) electrons. The first-order valence-electron chi connectivity index (χ1n) is 6.51. The minimum Gasteiger partial charge on any atom is -0.466 e. The number of pyridine rings is 1. The molecule has 5 nitrogen and oxygen atoms in total. The number of carbonyl (C=O) groups excluding carboxylic acids is 1. The molecular weight excluding hydrogens is 249 g/mol. The molecule has 6 heteroatoms. The van der Waals surface area contributed by atoms with E-state index in [1.807, 2.05) is 0 Å². The van der Waals surface area contributed by atoms with Gasteiger partial charge in [0.15, 0.2) is 6.61 Å². The van der Waals surface area contributed by atoms with Gasteiger partial charge in [-0.3, -0.25) is 4.79 Å². The standard InChI is InChI=1S/C13H16FN3O2/c14-8-5-11-13(16-6-8)19-7-12(18)17(11)10-3-1-9(15)2-4-10/h5-6,9-10H,1-4,7,15H2. The first-order chi connectivity index (χ1) is 9.15. The van der Waals surface area contributed by atoms with Crippen molar-refractivity contribution in [1.29, 1.82) is 0 Å². The molecule has 0 spiro atoms. The molecule has 2 heterocycles. The maximum Gasteiger partial charge on any atom is 0.265 e. The molecule has 102 valence electrons. The van der Waals surface area contributed by atoms with E-state index in [2.05, 4.69) is 4.98 Å². The van der Waals surface area contributed by atoms with Crippen LogP contribution in [-0.2, 0) is 4.79 Å². The Kier molecular flexibility index (Phi) is 3.10. The number of halogens is 1. The van der Waals surface area contributed by atoms with E-state index in [1.54, 1.807) is 4.90 Å². The lowest BCUT2D eigenvalue weighted by Crippen LogP contribution is -2.48. The zero-order chi connectivity index (χ0) is 13.4. The maximum absolute atomic E-state index is 13.3. The fourth-order valence-electron chi connectivity index (χ4n) is 2.79. The van der Waals surface area contributed by atoms with Gasteiger partial charge in [-0.2, -0.15) is 0 Å². The smallest absolute Gasteiger partial charge is 0.265 e. The van der Waals surface area contributed by atoms with Gasteiger partial charge in [-0.05, 0) is 25.7 Å². The van der Waals surface area contributed by atoms with Crippen LogP contribution in [0.5, 0.6) is 5.88 Å². The van der Waals surface area contributed by atoms with Crippen LogP contribution in [0, 0.1) is 5.82 Å². The predicted molar refractivity (Wildman–Crippen MR) is 67.4 cm³/mol. The second-order valence-corrected chi connectivity index (χ2v) is 5.10. The summed E-state index contributed by atoms with van der Waals surface area (Å²) >= 11 is 0. The van der Waals surface area contributed by atoms with E-state index in [0.717, 1.165) is 31.9 Å². The summed E-state index contributed by atoms with van der Waals surface area (Å²) < 4.78 is 18.6. The van der Waals surface area contributed by atoms with Crippen molar-refractivity contribution in [3.63, 3.8) is 0 Å². The summed E-state index contributed by atoms with van der Waals surface area (Å²) in [6.45, 7) is -0.0335. The van der Waals surface area contributed by atoms with E-state index in [4.69, 9.17) is 10.5 Å². The number of amides is 1. The average molecular weight is 265 g/mol. The fraction of sp³-hybridized carbons (Fsp3) is 0.538. The Morgan fingerprint density at radius 2 is 2.11 bits per heavy atom. The lowest BCUT2D eigenvalue weighted by Gasteiger charge is -2.38. The highest BCUT2D eigenvalue weighted by atomic mass is 19.1. The summed E-state index contributed by atoms with van der Waals surface area (Å²) in [5.41, 5.74) is 6.32. The van der Waals surface area contributed by atoms with Crippen molar-refractivity contribution in [1.82, 2.24) is 4.98 Å². The van der Waals surface area contributed by atoms with E-state index in [0.29, 0.717) is 11.6 Å². The van der Waals surface area contributed by atoms with Crippen LogP contribution in [-0.4, -0.2) is 29.6 Å². The van der Waals surface area contributed by atoms with Gasteiger partial charge in [0.25, 0.3) is 5.91 Å². The van der Waals surface area contributed by atoms with Gasteiger partial charge in [-0.15, -0.1) is 0 Å². The third-order valence-electron chi connectivity index (χ3n) is 3.77. The Labute approximate surface area is 110 Å². The van der Waals surface area contributed by atoms with E-state index >= 15 is 0 Å². The molecule has 0 atom stereocenters. The molecule has 1 saturated carbocycles. The van der Waals surface area contributed by atoms with Gasteiger partial charge in [0.1, 0.15) is 11.5 Å². The Hall–Kier alpha value is -1.69. The summed E-state index contributed by atoms with van der Waals surface area (Å²) in [6, 6.07) is 1.59. The van der Waals surface area contributed by atoms with Gasteiger partial charge in [0.05, 0.1) is 6.20 Å². The quantitative estimate of drug-likeness (QED) is 0.829. The number of rotatable bonds is 1. The van der Waals surface area contributed by atoms with Crippen molar-refractivity contribution in [2.45, 2.75) is 37.8 Å². The van der Waals surface area contributed by atoms with Crippen molar-refractivity contribution in [2.75, 3.05) is 11.5 Å². The lowest BCUT2D eigenvalue weighted by atomic mass is 9.90. The lowest BCUT2D eigenvalue weighted by molar-refractivity contribution is -0.122. The third kappa shape index (κ3) is 2.28. The largest absolute Gasteiger partial charge is 0.466 e. The molecule has 0 aromatic carbocycles. The molecule has 1 aliphatic carbocycles. The monoisotopic (exact) mass is 265 g/mol. The molecular formula is C13H16FN3O2. The van der Waals surface area contributed by atoms with Gasteiger partial charge in [0.2, 0.25) is 5.88 Å². The highest BCUT2D eigenvalue weighted by Gasteiger charge is 2.34. The van der Waals surface area contributed by atoms with Crippen molar-refractivity contribution in [3.8, 4) is 5.88 Å². The van der Waals surface area contributed by atoms with Crippen LogP contribution in [0.1, 0.15) is 25.7 Å². The number of anilines is 1. The van der Waals surface area contributed by atoms with Crippen LogP contribution >= 0.6 is 0 Å². The van der Waals surface area contributed by atoms with Crippen molar-refractivity contribution < 1.29 is 13.9 Å². The highest BCUT2D eigenvalue weighted by Crippen LogP contribution is 2.35. The summed E-state index contributed by atoms with van der Waals surface area (Å²) in [4.78, 5) is 17.6. The molecule has 1 aromatic heterocycles. The van der Waals surface area contributed by atoms with E-state index in [1.165, 1.54) is 6.07 Å². The van der Waals surface area contributed by atoms with Gasteiger partial charge in [-0.1, -0.05) is 0 Å². The van der Waals surface area contributed by atoms with Crippen LogP contribution in [0.3, 0.4) is 0 Å². The Balaban J connectivity index is 1.92. The molecule has 1 fully saturated rings. The highest BCUT2D eigenvalue weighted by molar-refractivity contribution is 5.97. The number of nitrogens with zero attached hydrogens (tertiary/aromatic N) is 2. The summed E-state index contributed by atoms with van der Waals surface area (Å²) in [7, 11) is 0. The van der Waals surface area contributed by atoms with Crippen LogP contribution in [0.4, 0.5) is 10.1 Å². The molecule has 0 unspecified atom stereocenters. The Morgan fingerprint density at radius 1 is 1.37 bits per heavy atom. The van der Waals surface area contributed by atoms with Gasteiger partial charge in [0, 0.05) is 18.2 Å². The molecule has 19 heavy (non-hydrogen) atoms. The number of carbonyl (C=O) groups is 1. The summed E-state index contributed by atoms with van der Waals surface area (Å²) in [5, 5.41) is 0. The minimum absolute atomic E-state index is 0.0335. The molecule has 0 bridgehead atoms. The fourth-order valence-corrected chi connectivity index (χ4v) is 2.79. The first-order valence-corrected chi connectivity index (χ1v) is 6.51. The topological polar surface area (TPSA) is 68.5 Å². The number of fused-ring (bicyclic) bond motifs is 1. The molecule has 2 N–H and O–H groups in total. The maximum atomic E-state index is 13.3. The van der Waals surface area contributed by atoms with Crippen LogP contribution in [0.15, 0.2) is 12.3 Å². The average Bonchev–Trinajstić information content (AvgIpc) is 2.40. The summed E-state index contributed by atoms with van der Waals surface area (Å²) in [6.07, 6.45) is 4.54. The van der Waals surface area contributed by atoms with E-state index < -0.39 is 5.82 Å². The first kappa shape index (κ1) is 12.3.